The normalized spacial score (nSPS) is 19.1. The molecular weight excluding hydrogens is 474 g/mol. The third-order valence-corrected chi connectivity index (χ3v) is 6.54. The Labute approximate surface area is 207 Å². The van der Waals surface area contributed by atoms with E-state index in [1.54, 1.807) is 6.20 Å². The van der Waals surface area contributed by atoms with Crippen LogP contribution >= 0.6 is 12.6 Å². The number of H-pyrrole nitrogens is 1. The molecule has 190 valence electrons. The number of rotatable bonds is 10. The Bertz CT molecular complexity index is 1090. The van der Waals surface area contributed by atoms with Crippen LogP contribution in [0, 0.1) is 0 Å². The van der Waals surface area contributed by atoms with Crippen LogP contribution in [0.15, 0.2) is 30.5 Å². The van der Waals surface area contributed by atoms with Crippen LogP contribution in [-0.2, 0) is 25.6 Å². The second-order valence-corrected chi connectivity index (χ2v) is 9.03. The Balaban J connectivity index is 1.66. The number of carbonyl (C=O) groups is 4. The lowest BCUT2D eigenvalue weighted by atomic mass is 10.0. The summed E-state index contributed by atoms with van der Waals surface area (Å²) in [7, 11) is 0. The number of likely N-dealkylation sites (tertiary alicyclic amines) is 1. The van der Waals surface area contributed by atoms with Gasteiger partial charge in [0.15, 0.2) is 0 Å². The highest BCUT2D eigenvalue weighted by Crippen LogP contribution is 2.20. The Morgan fingerprint density at radius 1 is 1.23 bits per heavy atom. The number of nitrogens with two attached hydrogens (primary N) is 1. The summed E-state index contributed by atoms with van der Waals surface area (Å²) in [5.41, 5.74) is 7.33. The number of thiol groups is 1. The molecule has 2 heterocycles. The summed E-state index contributed by atoms with van der Waals surface area (Å²) < 4.78 is 0. The van der Waals surface area contributed by atoms with Crippen LogP contribution in [0.25, 0.3) is 10.9 Å². The van der Waals surface area contributed by atoms with Crippen LogP contribution < -0.4 is 16.4 Å². The van der Waals surface area contributed by atoms with Gasteiger partial charge in [-0.3, -0.25) is 14.4 Å². The molecule has 1 aromatic carbocycles. The van der Waals surface area contributed by atoms with Gasteiger partial charge in [-0.05, 0) is 31.4 Å². The fourth-order valence-corrected chi connectivity index (χ4v) is 4.41. The zero-order chi connectivity index (χ0) is 25.7. The molecular formula is C23H31N5O6S. The summed E-state index contributed by atoms with van der Waals surface area (Å²) in [6, 6.07) is 3.08. The highest BCUT2D eigenvalue weighted by Gasteiger charge is 2.38. The van der Waals surface area contributed by atoms with Crippen LogP contribution in [0.4, 0.5) is 0 Å². The number of para-hydroxylation sites is 1. The van der Waals surface area contributed by atoms with E-state index in [0.717, 1.165) is 16.5 Å². The highest BCUT2D eigenvalue weighted by atomic mass is 32.1. The van der Waals surface area contributed by atoms with Crippen molar-refractivity contribution in [3.8, 4) is 0 Å². The Hall–Kier alpha value is -3.09. The van der Waals surface area contributed by atoms with E-state index in [1.165, 1.54) is 11.8 Å². The van der Waals surface area contributed by atoms with Crippen molar-refractivity contribution in [3.05, 3.63) is 36.0 Å². The average molecular weight is 506 g/mol. The van der Waals surface area contributed by atoms with E-state index in [0.29, 0.717) is 19.4 Å². The number of carbonyl (C=O) groups excluding carboxylic acids is 3. The fourth-order valence-electron chi connectivity index (χ4n) is 4.16. The van der Waals surface area contributed by atoms with Crippen molar-refractivity contribution in [2.75, 3.05) is 12.3 Å². The lowest BCUT2D eigenvalue weighted by Gasteiger charge is -2.29. The summed E-state index contributed by atoms with van der Waals surface area (Å²) in [5, 5.41) is 25.2. The number of hydrogen-bond donors (Lipinski definition) is 7. The number of carboxylic acids is 1. The third-order valence-electron chi connectivity index (χ3n) is 6.17. The van der Waals surface area contributed by atoms with Crippen molar-refractivity contribution in [2.24, 2.45) is 5.73 Å². The number of benzene rings is 1. The molecule has 0 bridgehead atoms. The number of nitrogens with one attached hydrogen (secondary N) is 3. The number of amides is 3. The molecule has 0 saturated carbocycles. The molecule has 5 atom stereocenters. The molecule has 2 aromatic rings. The van der Waals surface area contributed by atoms with Gasteiger partial charge in [0, 0.05) is 35.8 Å². The minimum absolute atomic E-state index is 0.0421. The third kappa shape index (κ3) is 6.13. The number of aliphatic hydroxyl groups excluding tert-OH is 1. The largest absolute Gasteiger partial charge is 0.480 e. The first kappa shape index (κ1) is 26.5. The Kier molecular flexibility index (Phi) is 8.76. The maximum Gasteiger partial charge on any atom is 0.326 e. The van der Waals surface area contributed by atoms with Gasteiger partial charge in [-0.1, -0.05) is 18.2 Å². The molecule has 1 aliphatic heterocycles. The fraction of sp³-hybridized carbons (Fsp3) is 0.478. The monoisotopic (exact) mass is 505 g/mol. The predicted molar refractivity (Wildman–Crippen MR) is 132 cm³/mol. The number of aliphatic carboxylic acids is 1. The average Bonchev–Trinajstić information content (AvgIpc) is 3.48. The summed E-state index contributed by atoms with van der Waals surface area (Å²) in [5.74, 6) is -3.10. The molecule has 1 fully saturated rings. The van der Waals surface area contributed by atoms with E-state index >= 15 is 0 Å². The number of nitrogens with zero attached hydrogens (tertiary/aromatic N) is 1. The molecule has 5 unspecified atom stereocenters. The van der Waals surface area contributed by atoms with Crippen LogP contribution in [0.1, 0.15) is 25.3 Å². The summed E-state index contributed by atoms with van der Waals surface area (Å²) in [6.07, 6.45) is 1.62. The van der Waals surface area contributed by atoms with E-state index in [4.69, 9.17) is 5.73 Å². The van der Waals surface area contributed by atoms with Crippen molar-refractivity contribution in [1.29, 1.82) is 0 Å². The molecule has 35 heavy (non-hydrogen) atoms. The first-order valence-corrected chi connectivity index (χ1v) is 12.0. The summed E-state index contributed by atoms with van der Waals surface area (Å²) >= 11 is 4.14. The summed E-state index contributed by atoms with van der Waals surface area (Å²) in [6.45, 7) is 1.70. The molecule has 3 rings (SSSR count). The van der Waals surface area contributed by atoms with Gasteiger partial charge in [0.05, 0.1) is 6.10 Å². The molecule has 11 nitrogen and oxygen atoms in total. The number of carboxylic acid groups (broad SMARTS) is 1. The van der Waals surface area contributed by atoms with E-state index in [1.807, 2.05) is 24.3 Å². The maximum absolute atomic E-state index is 12.9. The minimum atomic E-state index is -1.23. The molecule has 1 saturated heterocycles. The van der Waals surface area contributed by atoms with Crippen LogP contribution in [0.5, 0.6) is 0 Å². The van der Waals surface area contributed by atoms with Gasteiger partial charge in [-0.25, -0.2) is 4.79 Å². The number of aromatic amines is 1. The quantitative estimate of drug-likeness (QED) is 0.211. The SMILES string of the molecule is CC(O)C(N)C(=O)N1CCCC1C(=O)NC(CS)C(=O)NC(Cc1c[nH]c2ccccc12)C(=O)O. The van der Waals surface area contributed by atoms with Gasteiger partial charge in [0.1, 0.15) is 24.2 Å². The van der Waals surface area contributed by atoms with Gasteiger partial charge in [-0.2, -0.15) is 12.6 Å². The van der Waals surface area contributed by atoms with Crippen LogP contribution in [0.2, 0.25) is 0 Å². The molecule has 1 aromatic heterocycles. The second kappa shape index (κ2) is 11.6. The maximum atomic E-state index is 12.9. The Morgan fingerprint density at radius 3 is 2.60 bits per heavy atom. The van der Waals surface area contributed by atoms with Crippen molar-refractivity contribution < 1.29 is 29.4 Å². The molecule has 7 N–H and O–H groups in total. The van der Waals surface area contributed by atoms with Gasteiger partial charge < -0.3 is 36.5 Å². The predicted octanol–water partition coefficient (Wildman–Crippen LogP) is -0.606. The lowest BCUT2D eigenvalue weighted by Crippen LogP contribution is -2.58. The zero-order valence-electron chi connectivity index (χ0n) is 19.3. The van der Waals surface area contributed by atoms with E-state index in [9.17, 15) is 29.4 Å². The number of aliphatic hydroxyl groups is 1. The topological polar surface area (TPSA) is 178 Å². The number of hydrogen-bond acceptors (Lipinski definition) is 7. The molecule has 12 heteroatoms. The van der Waals surface area contributed by atoms with E-state index < -0.39 is 54.0 Å². The lowest BCUT2D eigenvalue weighted by molar-refractivity contribution is -0.143. The molecule has 3 amide bonds. The van der Waals surface area contributed by atoms with Gasteiger partial charge in [0.2, 0.25) is 17.7 Å². The van der Waals surface area contributed by atoms with Gasteiger partial charge in [-0.15, -0.1) is 0 Å². The van der Waals surface area contributed by atoms with Gasteiger partial charge in [0.25, 0.3) is 0 Å². The van der Waals surface area contributed by atoms with E-state index in [2.05, 4.69) is 28.2 Å². The Morgan fingerprint density at radius 2 is 1.94 bits per heavy atom. The summed E-state index contributed by atoms with van der Waals surface area (Å²) in [4.78, 5) is 54.6. The molecule has 0 spiro atoms. The van der Waals surface area contributed by atoms with Crippen molar-refractivity contribution >= 4 is 47.2 Å². The first-order valence-electron chi connectivity index (χ1n) is 11.4. The van der Waals surface area contributed by atoms with Gasteiger partial charge >= 0.3 is 5.97 Å². The zero-order valence-corrected chi connectivity index (χ0v) is 20.2. The first-order chi connectivity index (χ1) is 16.6. The minimum Gasteiger partial charge on any atom is -0.480 e. The molecule has 1 aliphatic rings. The molecule has 0 radical (unpaired) electrons. The van der Waals surface area contributed by atoms with Crippen LogP contribution in [0.3, 0.4) is 0 Å². The van der Waals surface area contributed by atoms with Crippen molar-refractivity contribution in [2.45, 2.75) is 56.5 Å². The van der Waals surface area contributed by atoms with Crippen molar-refractivity contribution in [3.63, 3.8) is 0 Å². The van der Waals surface area contributed by atoms with E-state index in [-0.39, 0.29) is 12.2 Å². The molecule has 0 aliphatic carbocycles. The standard InChI is InChI=1S/C23H31N5O6S/c1-12(29)19(24)22(32)28-8-4-7-18(28)21(31)27-17(11-35)20(30)26-16(23(33)34)9-13-10-25-15-6-3-2-5-14(13)15/h2-3,5-6,10,12,16-19,25,29,35H,4,7-9,11,24H2,1H3,(H,26,30)(H,27,31)(H,33,34). The smallest absolute Gasteiger partial charge is 0.326 e. The van der Waals surface area contributed by atoms with Crippen molar-refractivity contribution in [1.82, 2.24) is 20.5 Å². The number of aromatic nitrogens is 1. The second-order valence-electron chi connectivity index (χ2n) is 8.66. The van der Waals surface area contributed by atoms with Crippen LogP contribution in [-0.4, -0.2) is 86.4 Å². The highest BCUT2D eigenvalue weighted by molar-refractivity contribution is 7.80. The number of fused-ring (bicyclic) bond motifs is 1.